The van der Waals surface area contributed by atoms with Gasteiger partial charge in [-0.25, -0.2) is 0 Å². The number of rotatable bonds is 10. The standard InChI is InChI=1S/C19H29NO3/c1-3-10-22-15-18(21)13-20(14-19-5-4-11-23-19)12-17-8-6-16(2)7-9-17/h3,6-9,18-19,21H,1,4-5,10-15H2,2H3/t18-,19-/m1/s1. The molecule has 0 spiro atoms. The zero-order valence-corrected chi connectivity index (χ0v) is 14.1. The average Bonchev–Trinajstić information content (AvgIpc) is 3.03. The molecule has 1 aromatic carbocycles. The van der Waals surface area contributed by atoms with E-state index in [4.69, 9.17) is 9.47 Å². The zero-order chi connectivity index (χ0) is 16.5. The molecule has 0 aliphatic carbocycles. The van der Waals surface area contributed by atoms with Crippen LogP contribution in [0.5, 0.6) is 0 Å². The van der Waals surface area contributed by atoms with Crippen molar-refractivity contribution in [1.82, 2.24) is 4.90 Å². The fraction of sp³-hybridized carbons (Fsp3) is 0.579. The van der Waals surface area contributed by atoms with Gasteiger partial charge in [-0.05, 0) is 25.3 Å². The Bertz CT molecular complexity index is 454. The van der Waals surface area contributed by atoms with Crippen molar-refractivity contribution < 1.29 is 14.6 Å². The highest BCUT2D eigenvalue weighted by Crippen LogP contribution is 2.16. The van der Waals surface area contributed by atoms with Gasteiger partial charge in [-0.3, -0.25) is 4.90 Å². The fourth-order valence-electron chi connectivity index (χ4n) is 2.87. The van der Waals surface area contributed by atoms with E-state index in [-0.39, 0.29) is 6.10 Å². The molecular formula is C19H29NO3. The van der Waals surface area contributed by atoms with E-state index in [9.17, 15) is 5.11 Å². The van der Waals surface area contributed by atoms with Gasteiger partial charge in [-0.2, -0.15) is 0 Å². The Morgan fingerprint density at radius 2 is 2.22 bits per heavy atom. The normalized spacial score (nSPS) is 19.2. The summed E-state index contributed by atoms with van der Waals surface area (Å²) in [4.78, 5) is 2.27. The van der Waals surface area contributed by atoms with Crippen LogP contribution < -0.4 is 0 Å². The molecule has 4 heteroatoms. The summed E-state index contributed by atoms with van der Waals surface area (Å²) < 4.78 is 11.1. The summed E-state index contributed by atoms with van der Waals surface area (Å²) in [5.74, 6) is 0. The van der Waals surface area contributed by atoms with Crippen molar-refractivity contribution in [2.24, 2.45) is 0 Å². The van der Waals surface area contributed by atoms with Gasteiger partial charge in [0.1, 0.15) is 0 Å². The Morgan fingerprint density at radius 1 is 1.43 bits per heavy atom. The van der Waals surface area contributed by atoms with Crippen molar-refractivity contribution in [3.05, 3.63) is 48.0 Å². The summed E-state index contributed by atoms with van der Waals surface area (Å²) in [5.41, 5.74) is 2.52. The van der Waals surface area contributed by atoms with Gasteiger partial charge >= 0.3 is 0 Å². The molecule has 1 heterocycles. The zero-order valence-electron chi connectivity index (χ0n) is 14.1. The molecule has 2 atom stereocenters. The summed E-state index contributed by atoms with van der Waals surface area (Å²) in [7, 11) is 0. The molecule has 1 saturated heterocycles. The molecular weight excluding hydrogens is 290 g/mol. The number of aliphatic hydroxyl groups excluding tert-OH is 1. The average molecular weight is 319 g/mol. The maximum atomic E-state index is 10.2. The molecule has 1 aliphatic rings. The summed E-state index contributed by atoms with van der Waals surface area (Å²) >= 11 is 0. The van der Waals surface area contributed by atoms with Crippen molar-refractivity contribution in [3.63, 3.8) is 0 Å². The maximum absolute atomic E-state index is 10.2. The monoisotopic (exact) mass is 319 g/mol. The van der Waals surface area contributed by atoms with Crippen LogP contribution in [0.1, 0.15) is 24.0 Å². The maximum Gasteiger partial charge on any atom is 0.0900 e. The van der Waals surface area contributed by atoms with Crippen molar-refractivity contribution in [2.45, 2.75) is 38.5 Å². The van der Waals surface area contributed by atoms with Crippen molar-refractivity contribution in [1.29, 1.82) is 0 Å². The number of nitrogens with zero attached hydrogens (tertiary/aromatic N) is 1. The van der Waals surface area contributed by atoms with Crippen LogP contribution >= 0.6 is 0 Å². The van der Waals surface area contributed by atoms with Crippen LogP contribution in [0.3, 0.4) is 0 Å². The van der Waals surface area contributed by atoms with E-state index >= 15 is 0 Å². The summed E-state index contributed by atoms with van der Waals surface area (Å²) in [6.07, 6.45) is 3.72. The van der Waals surface area contributed by atoms with Crippen molar-refractivity contribution >= 4 is 0 Å². The first-order valence-electron chi connectivity index (χ1n) is 8.43. The van der Waals surface area contributed by atoms with E-state index in [0.717, 1.165) is 32.5 Å². The molecule has 1 N–H and O–H groups in total. The molecule has 1 aliphatic heterocycles. The predicted molar refractivity (Wildman–Crippen MR) is 92.5 cm³/mol. The Kier molecular flexibility index (Phi) is 7.76. The molecule has 0 aromatic heterocycles. The van der Waals surface area contributed by atoms with Crippen LogP contribution in [0, 0.1) is 6.92 Å². The Balaban J connectivity index is 1.89. The lowest BCUT2D eigenvalue weighted by Crippen LogP contribution is -2.39. The van der Waals surface area contributed by atoms with Gasteiger partial charge in [0.25, 0.3) is 0 Å². The molecule has 0 bridgehead atoms. The largest absolute Gasteiger partial charge is 0.389 e. The van der Waals surface area contributed by atoms with E-state index in [2.05, 4.69) is 42.7 Å². The number of hydrogen-bond acceptors (Lipinski definition) is 4. The van der Waals surface area contributed by atoms with E-state index < -0.39 is 6.10 Å². The number of aliphatic hydroxyl groups is 1. The number of aryl methyl sites for hydroxylation is 1. The molecule has 128 valence electrons. The van der Waals surface area contributed by atoms with Gasteiger partial charge in [0, 0.05) is 26.2 Å². The predicted octanol–water partition coefficient (Wildman–Crippen LogP) is 2.54. The first-order chi connectivity index (χ1) is 11.2. The topological polar surface area (TPSA) is 41.9 Å². The van der Waals surface area contributed by atoms with Gasteiger partial charge in [0.2, 0.25) is 0 Å². The highest BCUT2D eigenvalue weighted by molar-refractivity contribution is 5.21. The van der Waals surface area contributed by atoms with Gasteiger partial charge in [0.15, 0.2) is 0 Å². The first-order valence-corrected chi connectivity index (χ1v) is 8.43. The molecule has 23 heavy (non-hydrogen) atoms. The highest BCUT2D eigenvalue weighted by Gasteiger charge is 2.21. The quantitative estimate of drug-likeness (QED) is 0.531. The lowest BCUT2D eigenvalue weighted by atomic mass is 10.1. The molecule has 0 unspecified atom stereocenters. The van der Waals surface area contributed by atoms with Crippen molar-refractivity contribution in [3.8, 4) is 0 Å². The second-order valence-electron chi connectivity index (χ2n) is 6.29. The minimum absolute atomic E-state index is 0.279. The Labute approximate surface area is 139 Å². The molecule has 0 saturated carbocycles. The third-order valence-corrected chi connectivity index (χ3v) is 4.03. The smallest absolute Gasteiger partial charge is 0.0900 e. The third kappa shape index (κ3) is 6.83. The van der Waals surface area contributed by atoms with E-state index in [1.165, 1.54) is 11.1 Å². The Hall–Kier alpha value is -1.20. The van der Waals surface area contributed by atoms with Gasteiger partial charge in [-0.1, -0.05) is 35.9 Å². The molecule has 1 fully saturated rings. The molecule has 0 radical (unpaired) electrons. The van der Waals surface area contributed by atoms with Crippen molar-refractivity contribution in [2.75, 3.05) is 32.9 Å². The third-order valence-electron chi connectivity index (χ3n) is 4.03. The minimum Gasteiger partial charge on any atom is -0.389 e. The lowest BCUT2D eigenvalue weighted by molar-refractivity contribution is 0.00856. The summed E-state index contributed by atoms with van der Waals surface area (Å²) in [6, 6.07) is 8.56. The van der Waals surface area contributed by atoms with Gasteiger partial charge < -0.3 is 14.6 Å². The van der Waals surface area contributed by atoms with E-state index in [0.29, 0.717) is 19.8 Å². The molecule has 1 aromatic rings. The molecule has 2 rings (SSSR count). The molecule has 0 amide bonds. The SMILES string of the molecule is C=CCOC[C@H](O)CN(Cc1ccc(C)cc1)C[C@H]1CCCO1. The second-order valence-corrected chi connectivity index (χ2v) is 6.29. The van der Waals surface area contributed by atoms with E-state index in [1.807, 2.05) is 0 Å². The Morgan fingerprint density at radius 3 is 2.87 bits per heavy atom. The van der Waals surface area contributed by atoms with Crippen LogP contribution in [0.25, 0.3) is 0 Å². The van der Waals surface area contributed by atoms with Gasteiger partial charge in [-0.15, -0.1) is 6.58 Å². The second kappa shape index (κ2) is 9.83. The van der Waals surface area contributed by atoms with E-state index in [1.54, 1.807) is 6.08 Å². The van der Waals surface area contributed by atoms with Crippen LogP contribution in [-0.4, -0.2) is 55.1 Å². The summed E-state index contributed by atoms with van der Waals surface area (Å²) in [6.45, 7) is 9.63. The molecule has 4 nitrogen and oxygen atoms in total. The fourth-order valence-corrected chi connectivity index (χ4v) is 2.87. The minimum atomic E-state index is -0.498. The van der Waals surface area contributed by atoms with Crippen LogP contribution in [0.4, 0.5) is 0 Å². The van der Waals surface area contributed by atoms with Crippen LogP contribution in [0.15, 0.2) is 36.9 Å². The lowest BCUT2D eigenvalue weighted by Gasteiger charge is -2.27. The van der Waals surface area contributed by atoms with Crippen LogP contribution in [0.2, 0.25) is 0 Å². The van der Waals surface area contributed by atoms with Crippen LogP contribution in [-0.2, 0) is 16.0 Å². The number of hydrogen-bond donors (Lipinski definition) is 1. The highest BCUT2D eigenvalue weighted by atomic mass is 16.5. The van der Waals surface area contributed by atoms with Gasteiger partial charge in [0.05, 0.1) is 25.4 Å². The first kappa shape index (κ1) is 18.1. The number of benzene rings is 1. The summed E-state index contributed by atoms with van der Waals surface area (Å²) in [5, 5.41) is 10.2. The number of ether oxygens (including phenoxy) is 2.